The van der Waals surface area contributed by atoms with E-state index in [1.807, 2.05) is 48.2 Å². The van der Waals surface area contributed by atoms with Gasteiger partial charge >= 0.3 is 7.60 Å². The largest absolute Gasteiger partial charge is 0.435 e. The first kappa shape index (κ1) is 32.0. The van der Waals surface area contributed by atoms with Gasteiger partial charge in [0.25, 0.3) is 0 Å². The van der Waals surface area contributed by atoms with Crippen LogP contribution in [0.2, 0.25) is 0 Å². The van der Waals surface area contributed by atoms with Crippen molar-refractivity contribution >= 4 is 19.4 Å². The molecule has 0 bridgehead atoms. The average molecular weight is 601 g/mol. The Hall–Kier alpha value is -2.94. The average Bonchev–Trinajstić information content (AvgIpc) is 2.97. The molecular weight excluding hydrogens is 555 g/mol. The predicted molar refractivity (Wildman–Crippen MR) is 180 cm³/mol. The highest BCUT2D eigenvalue weighted by atomic mass is 32.2. The van der Waals surface area contributed by atoms with Gasteiger partial charge in [-0.1, -0.05) is 126 Å². The van der Waals surface area contributed by atoms with E-state index >= 15 is 0 Å². The summed E-state index contributed by atoms with van der Waals surface area (Å²) in [5.74, 6) is 1.87. The van der Waals surface area contributed by atoms with E-state index in [0.717, 1.165) is 18.4 Å². The van der Waals surface area contributed by atoms with Crippen molar-refractivity contribution in [2.24, 2.45) is 5.41 Å². The molecule has 0 aliphatic heterocycles. The third-order valence-corrected chi connectivity index (χ3v) is 11.1. The highest BCUT2D eigenvalue weighted by Gasteiger charge is 2.37. The molecule has 0 fully saturated rings. The van der Waals surface area contributed by atoms with Crippen LogP contribution in [0.3, 0.4) is 0 Å². The van der Waals surface area contributed by atoms with Gasteiger partial charge in [0, 0.05) is 4.75 Å². The molecule has 0 spiro atoms. The van der Waals surface area contributed by atoms with Gasteiger partial charge in [-0.25, -0.2) is 4.57 Å². The molecule has 222 valence electrons. The highest BCUT2D eigenvalue weighted by Crippen LogP contribution is 2.52. The second-order valence-electron chi connectivity index (χ2n) is 12.5. The zero-order valence-electron chi connectivity index (χ0n) is 25.8. The van der Waals surface area contributed by atoms with Gasteiger partial charge in [-0.15, -0.1) is 0 Å². The minimum atomic E-state index is -3.55. The summed E-state index contributed by atoms with van der Waals surface area (Å²) >= 11 is 1.92. The van der Waals surface area contributed by atoms with Gasteiger partial charge in [-0.05, 0) is 77.3 Å². The Bertz CT molecular complexity index is 1380. The predicted octanol–water partition coefficient (Wildman–Crippen LogP) is 11.4. The van der Waals surface area contributed by atoms with E-state index in [2.05, 4.69) is 95.5 Å². The number of thioether (sulfide) groups is 1. The summed E-state index contributed by atoms with van der Waals surface area (Å²) in [7, 11) is -3.55. The molecule has 0 aliphatic rings. The van der Waals surface area contributed by atoms with Crippen LogP contribution in [0, 0.1) is 5.41 Å². The molecule has 0 saturated carbocycles. The Balaban J connectivity index is 1.60. The van der Waals surface area contributed by atoms with Crippen molar-refractivity contribution in [3.05, 3.63) is 132 Å². The van der Waals surface area contributed by atoms with Crippen molar-refractivity contribution in [1.82, 2.24) is 0 Å². The summed E-state index contributed by atoms with van der Waals surface area (Å²) in [5, 5.41) is 0. The first-order valence-corrected chi connectivity index (χ1v) is 17.7. The first-order chi connectivity index (χ1) is 20.0. The zero-order valence-corrected chi connectivity index (χ0v) is 27.5. The molecule has 42 heavy (non-hydrogen) atoms. The molecule has 4 rings (SSSR count). The topological polar surface area (TPSA) is 35.5 Å². The van der Waals surface area contributed by atoms with Crippen LogP contribution in [0.1, 0.15) is 76.0 Å². The third kappa shape index (κ3) is 9.03. The monoisotopic (exact) mass is 600 g/mol. The molecule has 0 N–H and O–H groups in total. The summed E-state index contributed by atoms with van der Waals surface area (Å²) in [6, 6.07) is 38.0. The third-order valence-electron chi connectivity index (χ3n) is 8.13. The number of hydrogen-bond acceptors (Lipinski definition) is 4. The normalized spacial score (nSPS) is 13.8. The molecule has 0 heterocycles. The van der Waals surface area contributed by atoms with Gasteiger partial charge in [0.05, 0.1) is 6.16 Å². The Morgan fingerprint density at radius 2 is 1.14 bits per heavy atom. The molecule has 0 amide bonds. The molecule has 0 aliphatic carbocycles. The van der Waals surface area contributed by atoms with Gasteiger partial charge in [0.2, 0.25) is 0 Å². The maximum absolute atomic E-state index is 14.1. The zero-order chi connectivity index (χ0) is 30.2. The molecule has 2 unspecified atom stereocenters. The van der Waals surface area contributed by atoms with E-state index in [1.54, 1.807) is 24.3 Å². The maximum atomic E-state index is 14.1. The lowest BCUT2D eigenvalue weighted by Crippen LogP contribution is -2.30. The second-order valence-corrected chi connectivity index (χ2v) is 16.0. The van der Waals surface area contributed by atoms with Crippen LogP contribution in [-0.2, 0) is 10.7 Å². The van der Waals surface area contributed by atoms with Crippen LogP contribution in [0.4, 0.5) is 0 Å². The Morgan fingerprint density at radius 1 is 0.667 bits per heavy atom. The number of hydrogen-bond donors (Lipinski definition) is 0. The lowest BCUT2D eigenvalue weighted by molar-refractivity contribution is 0.225. The summed E-state index contributed by atoms with van der Waals surface area (Å²) < 4.78 is 26.4. The first-order valence-electron chi connectivity index (χ1n) is 14.8. The van der Waals surface area contributed by atoms with E-state index in [0.29, 0.717) is 23.3 Å². The minimum absolute atomic E-state index is 0.0614. The molecule has 0 aromatic heterocycles. The summed E-state index contributed by atoms with van der Waals surface area (Å²) in [6.07, 6.45) is 4.52. The van der Waals surface area contributed by atoms with Gasteiger partial charge < -0.3 is 9.05 Å². The number of rotatable bonds is 14. The van der Waals surface area contributed by atoms with Crippen LogP contribution in [-0.4, -0.2) is 11.0 Å². The van der Waals surface area contributed by atoms with Crippen molar-refractivity contribution in [3.63, 3.8) is 0 Å². The van der Waals surface area contributed by atoms with Crippen molar-refractivity contribution in [2.45, 2.75) is 70.2 Å². The van der Waals surface area contributed by atoms with Crippen LogP contribution in [0.25, 0.3) is 0 Å². The number of para-hydroxylation sites is 2. The lowest BCUT2D eigenvalue weighted by atomic mass is 9.66. The standard InChI is InChI=1S/C37H45O3PS/c1-29(31-16-10-7-11-17-31)26-36(2,3)35(27-37(4,5)42-6)32-24-22-30(23-25-32)28-41(38,39-33-18-12-8-13-19-33)40-34-20-14-9-15-21-34/h7-25,29,35H,26-28H2,1-6H3. The summed E-state index contributed by atoms with van der Waals surface area (Å²) in [4.78, 5) is 0. The smallest absolute Gasteiger partial charge is 0.416 e. The molecule has 5 heteroatoms. The van der Waals surface area contributed by atoms with Crippen molar-refractivity contribution in [2.75, 3.05) is 6.26 Å². The van der Waals surface area contributed by atoms with Crippen molar-refractivity contribution in [3.8, 4) is 11.5 Å². The lowest BCUT2D eigenvalue weighted by Gasteiger charge is -2.41. The molecule has 3 nitrogen and oxygen atoms in total. The fourth-order valence-electron chi connectivity index (χ4n) is 5.70. The van der Waals surface area contributed by atoms with Gasteiger partial charge in [0.15, 0.2) is 0 Å². The highest BCUT2D eigenvalue weighted by molar-refractivity contribution is 7.99. The van der Waals surface area contributed by atoms with E-state index in [-0.39, 0.29) is 16.3 Å². The van der Waals surface area contributed by atoms with Gasteiger partial charge in [-0.3, -0.25) is 0 Å². The Kier molecular flexibility index (Phi) is 10.7. The fourth-order valence-corrected chi connectivity index (χ4v) is 7.74. The SMILES string of the molecule is CSC(C)(C)CC(c1ccc(CP(=O)(Oc2ccccc2)Oc2ccccc2)cc1)C(C)(C)CC(C)c1ccccc1. The van der Waals surface area contributed by atoms with Crippen molar-refractivity contribution < 1.29 is 13.6 Å². The quantitative estimate of drug-likeness (QED) is 0.135. The van der Waals surface area contributed by atoms with Crippen LogP contribution < -0.4 is 9.05 Å². The Labute approximate surface area is 257 Å². The van der Waals surface area contributed by atoms with E-state index < -0.39 is 7.60 Å². The molecule has 2 atom stereocenters. The van der Waals surface area contributed by atoms with Crippen molar-refractivity contribution in [1.29, 1.82) is 0 Å². The molecule has 0 saturated heterocycles. The van der Waals surface area contributed by atoms with Gasteiger partial charge in [-0.2, -0.15) is 11.8 Å². The summed E-state index contributed by atoms with van der Waals surface area (Å²) in [5.41, 5.74) is 3.68. The molecule has 0 radical (unpaired) electrons. The van der Waals surface area contributed by atoms with E-state index in [9.17, 15) is 4.57 Å². The molecule has 4 aromatic rings. The minimum Gasteiger partial charge on any atom is -0.416 e. The fraction of sp³-hybridized carbons (Fsp3) is 0.351. The maximum Gasteiger partial charge on any atom is 0.435 e. The van der Waals surface area contributed by atoms with Crippen LogP contribution in [0.15, 0.2) is 115 Å². The van der Waals surface area contributed by atoms with Crippen LogP contribution in [0.5, 0.6) is 11.5 Å². The summed E-state index contributed by atoms with van der Waals surface area (Å²) in [6.45, 7) is 11.9. The Morgan fingerprint density at radius 3 is 1.62 bits per heavy atom. The molecule has 4 aromatic carbocycles. The van der Waals surface area contributed by atoms with E-state index in [4.69, 9.17) is 9.05 Å². The van der Waals surface area contributed by atoms with Gasteiger partial charge in [0.1, 0.15) is 11.5 Å². The second kappa shape index (κ2) is 14.0. The van der Waals surface area contributed by atoms with E-state index in [1.165, 1.54) is 11.1 Å². The van der Waals surface area contributed by atoms with Crippen LogP contribution >= 0.6 is 19.4 Å². The number of benzene rings is 4. The molecular formula is C37H45O3PS.